The maximum atomic E-state index is 13.6. The van der Waals surface area contributed by atoms with Crippen molar-refractivity contribution in [2.45, 2.75) is 44.6 Å². The first-order chi connectivity index (χ1) is 16.3. The lowest BCUT2D eigenvalue weighted by atomic mass is 10.1. The molecule has 3 rings (SSSR count). The minimum Gasteiger partial charge on any atom is -0.492 e. The van der Waals surface area contributed by atoms with Crippen molar-refractivity contribution in [3.05, 3.63) is 90.0 Å². The van der Waals surface area contributed by atoms with Crippen LogP contribution in [0.2, 0.25) is 0 Å². The Morgan fingerprint density at radius 3 is 2.29 bits per heavy atom. The van der Waals surface area contributed by atoms with Gasteiger partial charge in [-0.25, -0.2) is 8.42 Å². The fourth-order valence-electron chi connectivity index (χ4n) is 3.63. The highest BCUT2D eigenvalue weighted by Crippen LogP contribution is 2.32. The number of benzene rings is 3. The average Bonchev–Trinajstić information content (AvgIpc) is 2.83. The maximum Gasteiger partial charge on any atom is 0.264 e. The predicted octanol–water partition coefficient (Wildman–Crippen LogP) is 4.73. The normalized spacial score (nSPS) is 12.1. The maximum absolute atomic E-state index is 13.6. The standard InChI is InChI=1S/C27H32N2O4S/c1-4-33-26-13-9-8-12-25(26)29(34(31,32)24-18-14-21(2)15-19-24)20-27(30)28-22(3)16-17-23-10-6-5-7-11-23/h5-15,18-19,22H,4,16-17,20H2,1-3H3,(H,28,30)/t22-/m1/s1. The highest BCUT2D eigenvalue weighted by molar-refractivity contribution is 7.92. The zero-order valence-corrected chi connectivity index (χ0v) is 20.7. The molecule has 0 saturated heterocycles. The van der Waals surface area contributed by atoms with E-state index in [0.29, 0.717) is 18.0 Å². The molecular weight excluding hydrogens is 448 g/mol. The van der Waals surface area contributed by atoms with Gasteiger partial charge in [-0.2, -0.15) is 0 Å². The predicted molar refractivity (Wildman–Crippen MR) is 136 cm³/mol. The van der Waals surface area contributed by atoms with E-state index >= 15 is 0 Å². The molecule has 0 aliphatic heterocycles. The van der Waals surface area contributed by atoms with Crippen molar-refractivity contribution < 1.29 is 17.9 Å². The molecule has 180 valence electrons. The SMILES string of the molecule is CCOc1ccccc1N(CC(=O)N[C@H](C)CCc1ccccc1)S(=O)(=O)c1ccc(C)cc1. The highest BCUT2D eigenvalue weighted by Gasteiger charge is 2.29. The van der Waals surface area contributed by atoms with Crippen molar-refractivity contribution in [2.75, 3.05) is 17.5 Å². The number of carbonyl (C=O) groups excluding carboxylic acids is 1. The topological polar surface area (TPSA) is 75.7 Å². The number of hydrogen-bond donors (Lipinski definition) is 1. The van der Waals surface area contributed by atoms with Crippen LogP contribution in [-0.4, -0.2) is 33.5 Å². The molecule has 0 saturated carbocycles. The van der Waals surface area contributed by atoms with Crippen LogP contribution in [0.1, 0.15) is 31.4 Å². The third-order valence-corrected chi connectivity index (χ3v) is 7.22. The molecule has 0 heterocycles. The molecule has 6 nitrogen and oxygen atoms in total. The van der Waals surface area contributed by atoms with Crippen LogP contribution >= 0.6 is 0 Å². The van der Waals surface area contributed by atoms with Crippen LogP contribution in [0.15, 0.2) is 83.8 Å². The number of ether oxygens (including phenoxy) is 1. The van der Waals surface area contributed by atoms with Crippen molar-refractivity contribution in [2.24, 2.45) is 0 Å². The molecule has 0 spiro atoms. The second-order valence-electron chi connectivity index (χ2n) is 8.22. The van der Waals surface area contributed by atoms with Gasteiger partial charge in [-0.15, -0.1) is 0 Å². The number of para-hydroxylation sites is 2. The van der Waals surface area contributed by atoms with Gasteiger partial charge in [0.1, 0.15) is 12.3 Å². The van der Waals surface area contributed by atoms with E-state index in [2.05, 4.69) is 17.4 Å². The molecule has 0 radical (unpaired) electrons. The summed E-state index contributed by atoms with van der Waals surface area (Å²) in [5, 5.41) is 2.95. The summed E-state index contributed by atoms with van der Waals surface area (Å²) in [6, 6.07) is 23.4. The quantitative estimate of drug-likeness (QED) is 0.431. The first-order valence-corrected chi connectivity index (χ1v) is 12.9. The van der Waals surface area contributed by atoms with E-state index in [4.69, 9.17) is 4.74 Å². The highest BCUT2D eigenvalue weighted by atomic mass is 32.2. The summed E-state index contributed by atoms with van der Waals surface area (Å²) in [6.45, 7) is 5.67. The first kappa shape index (κ1) is 25.3. The monoisotopic (exact) mass is 480 g/mol. The Morgan fingerprint density at radius 2 is 1.62 bits per heavy atom. The van der Waals surface area contributed by atoms with Gasteiger partial charge in [-0.3, -0.25) is 9.10 Å². The van der Waals surface area contributed by atoms with Crippen LogP contribution in [-0.2, 0) is 21.2 Å². The number of aryl methyl sites for hydroxylation is 2. The van der Waals surface area contributed by atoms with E-state index in [1.54, 1.807) is 48.5 Å². The summed E-state index contributed by atoms with van der Waals surface area (Å²) in [5.41, 5.74) is 2.47. The van der Waals surface area contributed by atoms with Gasteiger partial charge in [-0.05, 0) is 63.4 Å². The summed E-state index contributed by atoms with van der Waals surface area (Å²) in [4.78, 5) is 13.1. The van der Waals surface area contributed by atoms with Crippen molar-refractivity contribution in [1.29, 1.82) is 0 Å². The summed E-state index contributed by atoms with van der Waals surface area (Å²) < 4.78 is 34.1. The molecule has 0 aliphatic rings. The van der Waals surface area contributed by atoms with Gasteiger partial charge in [0.2, 0.25) is 5.91 Å². The second-order valence-corrected chi connectivity index (χ2v) is 10.1. The molecule has 1 atom stereocenters. The average molecular weight is 481 g/mol. The summed E-state index contributed by atoms with van der Waals surface area (Å²) in [6.07, 6.45) is 1.57. The molecule has 3 aromatic rings. The zero-order valence-electron chi connectivity index (χ0n) is 19.9. The Morgan fingerprint density at radius 1 is 0.971 bits per heavy atom. The zero-order chi connectivity index (χ0) is 24.6. The van der Waals surface area contributed by atoms with Crippen molar-refractivity contribution in [1.82, 2.24) is 5.32 Å². The molecule has 0 fully saturated rings. The molecule has 3 aromatic carbocycles. The van der Waals surface area contributed by atoms with Gasteiger partial charge in [-0.1, -0.05) is 60.2 Å². The van der Waals surface area contributed by atoms with Crippen LogP contribution in [0.25, 0.3) is 0 Å². The number of nitrogens with one attached hydrogen (secondary N) is 1. The smallest absolute Gasteiger partial charge is 0.264 e. The molecule has 0 unspecified atom stereocenters. The Balaban J connectivity index is 1.82. The molecule has 34 heavy (non-hydrogen) atoms. The lowest BCUT2D eigenvalue weighted by Gasteiger charge is -2.26. The number of sulfonamides is 1. The van der Waals surface area contributed by atoms with Crippen molar-refractivity contribution >= 4 is 21.6 Å². The van der Waals surface area contributed by atoms with Crippen molar-refractivity contribution in [3.63, 3.8) is 0 Å². The summed E-state index contributed by atoms with van der Waals surface area (Å²) in [7, 11) is -4.01. The fraction of sp³-hybridized carbons (Fsp3) is 0.296. The molecular formula is C27H32N2O4S. The summed E-state index contributed by atoms with van der Waals surface area (Å²) >= 11 is 0. The third kappa shape index (κ3) is 6.60. The Kier molecular flexibility index (Phi) is 8.71. The van der Waals surface area contributed by atoms with E-state index in [9.17, 15) is 13.2 Å². The number of hydrogen-bond acceptors (Lipinski definition) is 4. The van der Waals surface area contributed by atoms with Gasteiger partial charge in [0.05, 0.1) is 17.2 Å². The third-order valence-electron chi connectivity index (χ3n) is 5.45. The molecule has 1 amide bonds. The Labute approximate surface area is 202 Å². The van der Waals surface area contributed by atoms with Gasteiger partial charge in [0, 0.05) is 6.04 Å². The van der Waals surface area contributed by atoms with Gasteiger partial charge >= 0.3 is 0 Å². The summed E-state index contributed by atoms with van der Waals surface area (Å²) in [5.74, 6) is 0.0353. The first-order valence-electron chi connectivity index (χ1n) is 11.5. The van der Waals surface area contributed by atoms with Gasteiger partial charge in [0.15, 0.2) is 0 Å². The van der Waals surface area contributed by atoms with Crippen LogP contribution in [0.4, 0.5) is 5.69 Å². The Hall–Kier alpha value is -3.32. The number of carbonyl (C=O) groups is 1. The van der Waals surface area contributed by atoms with Crippen molar-refractivity contribution in [3.8, 4) is 5.75 Å². The van der Waals surface area contributed by atoms with Crippen LogP contribution < -0.4 is 14.4 Å². The number of amides is 1. The molecule has 0 aromatic heterocycles. The van der Waals surface area contributed by atoms with Crippen LogP contribution in [0.5, 0.6) is 5.75 Å². The van der Waals surface area contributed by atoms with Gasteiger partial charge in [0.25, 0.3) is 10.0 Å². The lowest BCUT2D eigenvalue weighted by molar-refractivity contribution is -0.120. The second kappa shape index (κ2) is 11.7. The van der Waals surface area contributed by atoms with Crippen LogP contribution in [0.3, 0.4) is 0 Å². The molecule has 0 bridgehead atoms. The van der Waals surface area contributed by atoms with Gasteiger partial charge < -0.3 is 10.1 Å². The number of anilines is 1. The number of nitrogens with zero attached hydrogens (tertiary/aromatic N) is 1. The lowest BCUT2D eigenvalue weighted by Crippen LogP contribution is -2.43. The minimum atomic E-state index is -4.01. The van der Waals surface area contributed by atoms with E-state index in [0.717, 1.165) is 22.7 Å². The fourth-order valence-corrected chi connectivity index (χ4v) is 5.06. The van der Waals surface area contributed by atoms with E-state index < -0.39 is 10.0 Å². The van der Waals surface area contributed by atoms with E-state index in [-0.39, 0.29) is 23.4 Å². The molecule has 0 aliphatic carbocycles. The molecule has 1 N–H and O–H groups in total. The van der Waals surface area contributed by atoms with E-state index in [1.807, 2.05) is 39.0 Å². The largest absolute Gasteiger partial charge is 0.492 e. The van der Waals surface area contributed by atoms with Crippen LogP contribution in [0, 0.1) is 6.92 Å². The number of rotatable bonds is 11. The molecule has 7 heteroatoms. The Bertz CT molecular complexity index is 1180. The van der Waals surface area contributed by atoms with E-state index in [1.165, 1.54) is 5.56 Å². The minimum absolute atomic E-state index is 0.112.